The monoisotopic (exact) mass is 368 g/mol. The Morgan fingerprint density at radius 1 is 1.28 bits per heavy atom. The molecule has 1 saturated carbocycles. The lowest BCUT2D eigenvalue weighted by atomic mass is 10.1. The molecule has 0 spiro atoms. The van der Waals surface area contributed by atoms with Crippen LogP contribution in [0, 0.1) is 6.92 Å². The van der Waals surface area contributed by atoms with E-state index in [2.05, 4.69) is 4.72 Å². The minimum atomic E-state index is -3.70. The van der Waals surface area contributed by atoms with Crippen LogP contribution in [-0.2, 0) is 14.8 Å². The zero-order valence-corrected chi connectivity index (χ0v) is 15.3. The van der Waals surface area contributed by atoms with Crippen molar-refractivity contribution in [3.8, 4) is 0 Å². The summed E-state index contributed by atoms with van der Waals surface area (Å²) >= 11 is 0. The standard InChI is InChI=1S/C17H24N2O5S/c1-12-7-8-13(17(22)19(2)10-9-16(20)21)11-15(12)25(23,24)18-14-5-3-4-6-14/h7-8,11,14,18H,3-6,9-10H2,1-2H3,(H,20,21). The number of hydrogen-bond acceptors (Lipinski definition) is 4. The van der Waals surface area contributed by atoms with E-state index in [1.165, 1.54) is 18.0 Å². The molecule has 1 amide bonds. The van der Waals surface area contributed by atoms with Gasteiger partial charge in [0, 0.05) is 25.2 Å². The Balaban J connectivity index is 2.21. The normalized spacial score (nSPS) is 15.3. The number of nitrogens with zero attached hydrogens (tertiary/aromatic N) is 1. The van der Waals surface area contributed by atoms with Crippen LogP contribution in [0.5, 0.6) is 0 Å². The first-order valence-corrected chi connectivity index (χ1v) is 9.79. The molecule has 0 atom stereocenters. The second kappa shape index (κ2) is 7.97. The number of carboxylic acid groups (broad SMARTS) is 1. The zero-order chi connectivity index (χ0) is 18.6. The number of sulfonamides is 1. The fourth-order valence-corrected chi connectivity index (χ4v) is 4.51. The summed E-state index contributed by atoms with van der Waals surface area (Å²) in [6, 6.07) is 4.47. The van der Waals surface area contributed by atoms with Crippen LogP contribution in [0.2, 0.25) is 0 Å². The summed E-state index contributed by atoms with van der Waals surface area (Å²) in [7, 11) is -2.20. The van der Waals surface area contributed by atoms with Gasteiger partial charge >= 0.3 is 5.97 Å². The first-order chi connectivity index (χ1) is 11.7. The number of aliphatic carboxylic acids is 1. The van der Waals surface area contributed by atoms with Crippen LogP contribution >= 0.6 is 0 Å². The van der Waals surface area contributed by atoms with Crippen molar-refractivity contribution < 1.29 is 23.1 Å². The number of benzene rings is 1. The first kappa shape index (κ1) is 19.4. The molecular formula is C17H24N2O5S. The number of aryl methyl sites for hydroxylation is 1. The van der Waals surface area contributed by atoms with Gasteiger partial charge in [0.1, 0.15) is 0 Å². The van der Waals surface area contributed by atoms with Gasteiger partial charge in [-0.1, -0.05) is 18.9 Å². The Morgan fingerprint density at radius 3 is 2.52 bits per heavy atom. The number of carbonyl (C=O) groups excluding carboxylic acids is 1. The molecule has 1 aliphatic rings. The SMILES string of the molecule is Cc1ccc(C(=O)N(C)CCC(=O)O)cc1S(=O)(=O)NC1CCCC1. The van der Waals surface area contributed by atoms with Gasteiger partial charge in [-0.25, -0.2) is 13.1 Å². The number of hydrogen-bond donors (Lipinski definition) is 2. The second-order valence-electron chi connectivity index (χ2n) is 6.45. The van der Waals surface area contributed by atoms with Gasteiger partial charge in [0.25, 0.3) is 5.91 Å². The highest BCUT2D eigenvalue weighted by molar-refractivity contribution is 7.89. The van der Waals surface area contributed by atoms with Crippen molar-refractivity contribution >= 4 is 21.9 Å². The lowest BCUT2D eigenvalue weighted by Crippen LogP contribution is -2.33. The molecule has 25 heavy (non-hydrogen) atoms. The van der Waals surface area contributed by atoms with Crippen molar-refractivity contribution in [1.82, 2.24) is 9.62 Å². The van der Waals surface area contributed by atoms with E-state index in [-0.39, 0.29) is 29.5 Å². The van der Waals surface area contributed by atoms with Crippen LogP contribution in [0.15, 0.2) is 23.1 Å². The third kappa shape index (κ3) is 5.02. The van der Waals surface area contributed by atoms with Gasteiger partial charge in [-0.3, -0.25) is 9.59 Å². The molecule has 0 aliphatic heterocycles. The second-order valence-corrected chi connectivity index (χ2v) is 8.14. The predicted molar refractivity (Wildman–Crippen MR) is 93.0 cm³/mol. The lowest BCUT2D eigenvalue weighted by molar-refractivity contribution is -0.137. The van der Waals surface area contributed by atoms with Crippen LogP contribution in [0.25, 0.3) is 0 Å². The molecule has 7 nitrogen and oxygen atoms in total. The molecule has 2 N–H and O–H groups in total. The van der Waals surface area contributed by atoms with Gasteiger partial charge in [-0.2, -0.15) is 0 Å². The largest absolute Gasteiger partial charge is 0.481 e. The van der Waals surface area contributed by atoms with Crippen LogP contribution < -0.4 is 4.72 Å². The summed E-state index contributed by atoms with van der Waals surface area (Å²) in [6.07, 6.45) is 3.52. The van der Waals surface area contributed by atoms with Gasteiger partial charge in [-0.15, -0.1) is 0 Å². The summed E-state index contributed by atoms with van der Waals surface area (Å²) in [5.41, 5.74) is 0.792. The van der Waals surface area contributed by atoms with Gasteiger partial charge in [0.15, 0.2) is 0 Å². The molecule has 0 bridgehead atoms. The summed E-state index contributed by atoms with van der Waals surface area (Å²) in [6.45, 7) is 1.75. The van der Waals surface area contributed by atoms with Gasteiger partial charge in [0.05, 0.1) is 11.3 Å². The Hall–Kier alpha value is -1.93. The first-order valence-electron chi connectivity index (χ1n) is 8.31. The van der Waals surface area contributed by atoms with Crippen LogP contribution in [-0.4, -0.2) is 49.9 Å². The van der Waals surface area contributed by atoms with Crippen molar-refractivity contribution in [2.24, 2.45) is 0 Å². The summed E-state index contributed by atoms with van der Waals surface area (Å²) in [4.78, 5) is 24.4. The molecule has 0 heterocycles. The van der Waals surface area contributed by atoms with Gasteiger partial charge in [-0.05, 0) is 37.5 Å². The summed E-state index contributed by atoms with van der Waals surface area (Å²) in [5.74, 6) is -1.40. The molecule has 138 valence electrons. The zero-order valence-electron chi connectivity index (χ0n) is 14.5. The van der Waals surface area contributed by atoms with Crippen LogP contribution in [0.1, 0.15) is 48.0 Å². The predicted octanol–water partition coefficient (Wildman–Crippen LogP) is 1.76. The van der Waals surface area contributed by atoms with Crippen molar-refractivity contribution in [2.45, 2.75) is 50.0 Å². The third-order valence-corrected chi connectivity index (χ3v) is 6.07. The minimum absolute atomic E-state index is 0.0537. The van der Waals surface area contributed by atoms with E-state index >= 15 is 0 Å². The number of carbonyl (C=O) groups is 2. The van der Waals surface area contributed by atoms with E-state index in [4.69, 9.17) is 5.11 Å². The van der Waals surface area contributed by atoms with Gasteiger partial charge in [0.2, 0.25) is 10.0 Å². The van der Waals surface area contributed by atoms with E-state index < -0.39 is 21.9 Å². The highest BCUT2D eigenvalue weighted by Gasteiger charge is 2.25. The van der Waals surface area contributed by atoms with E-state index in [9.17, 15) is 18.0 Å². The van der Waals surface area contributed by atoms with Crippen LogP contribution in [0.4, 0.5) is 0 Å². The molecule has 8 heteroatoms. The lowest BCUT2D eigenvalue weighted by Gasteiger charge is -2.18. The Bertz CT molecular complexity index is 754. The minimum Gasteiger partial charge on any atom is -0.481 e. The fraction of sp³-hybridized carbons (Fsp3) is 0.529. The smallest absolute Gasteiger partial charge is 0.305 e. The van der Waals surface area contributed by atoms with E-state index in [1.807, 2.05) is 0 Å². The van der Waals surface area contributed by atoms with Crippen molar-refractivity contribution in [1.29, 1.82) is 0 Å². The quantitative estimate of drug-likeness (QED) is 0.763. The molecule has 1 aromatic carbocycles. The fourth-order valence-electron chi connectivity index (χ4n) is 2.93. The average molecular weight is 368 g/mol. The maximum Gasteiger partial charge on any atom is 0.305 e. The van der Waals surface area contributed by atoms with Crippen molar-refractivity contribution in [3.63, 3.8) is 0 Å². The molecule has 2 rings (SSSR count). The topological polar surface area (TPSA) is 104 Å². The maximum absolute atomic E-state index is 12.7. The Kier molecular flexibility index (Phi) is 6.18. The molecular weight excluding hydrogens is 344 g/mol. The van der Waals surface area contributed by atoms with Crippen LogP contribution in [0.3, 0.4) is 0 Å². The average Bonchev–Trinajstić information content (AvgIpc) is 3.04. The molecule has 0 radical (unpaired) electrons. The summed E-state index contributed by atoms with van der Waals surface area (Å²) in [5, 5.41) is 8.71. The van der Waals surface area contributed by atoms with E-state index in [0.717, 1.165) is 25.7 Å². The number of carboxylic acids is 1. The highest BCUT2D eigenvalue weighted by atomic mass is 32.2. The van der Waals surface area contributed by atoms with Crippen molar-refractivity contribution in [3.05, 3.63) is 29.3 Å². The number of amides is 1. The van der Waals surface area contributed by atoms with Crippen molar-refractivity contribution in [2.75, 3.05) is 13.6 Å². The van der Waals surface area contributed by atoms with E-state index in [0.29, 0.717) is 5.56 Å². The molecule has 1 aliphatic carbocycles. The molecule has 0 saturated heterocycles. The number of nitrogens with one attached hydrogen (secondary N) is 1. The maximum atomic E-state index is 12.7. The van der Waals surface area contributed by atoms with E-state index in [1.54, 1.807) is 19.1 Å². The Morgan fingerprint density at radius 2 is 1.92 bits per heavy atom. The highest BCUT2D eigenvalue weighted by Crippen LogP contribution is 2.23. The number of rotatable bonds is 7. The van der Waals surface area contributed by atoms with Gasteiger partial charge < -0.3 is 10.0 Å². The Labute approximate surface area is 148 Å². The third-order valence-electron chi connectivity index (χ3n) is 4.41. The molecule has 1 fully saturated rings. The molecule has 1 aromatic rings. The molecule has 0 aromatic heterocycles. The summed E-state index contributed by atoms with van der Waals surface area (Å²) < 4.78 is 28.0. The molecule has 0 unspecified atom stereocenters.